The minimum atomic E-state index is -4.02. The van der Waals surface area contributed by atoms with Gasteiger partial charge in [0.15, 0.2) is 0 Å². The van der Waals surface area contributed by atoms with E-state index in [0.29, 0.717) is 24.7 Å². The SMILES string of the molecule is CC1CNCC1CN1CCCC(C(F)(F)F)C1. The second-order valence-corrected chi connectivity index (χ2v) is 5.54. The molecule has 0 aromatic heterocycles. The number of rotatable bonds is 2. The number of alkyl halides is 3. The Hall–Kier alpha value is -0.290. The molecule has 3 atom stereocenters. The highest BCUT2D eigenvalue weighted by Crippen LogP contribution is 2.33. The first-order valence-electron chi connectivity index (χ1n) is 6.46. The third kappa shape index (κ3) is 3.35. The van der Waals surface area contributed by atoms with E-state index in [1.807, 2.05) is 4.90 Å². The second kappa shape index (κ2) is 5.14. The molecular weight excluding hydrogens is 229 g/mol. The fourth-order valence-corrected chi connectivity index (χ4v) is 2.93. The molecule has 1 N–H and O–H groups in total. The van der Waals surface area contributed by atoms with Gasteiger partial charge in [-0.1, -0.05) is 6.92 Å². The molecule has 2 saturated heterocycles. The summed E-state index contributed by atoms with van der Waals surface area (Å²) in [7, 11) is 0. The van der Waals surface area contributed by atoms with Gasteiger partial charge in [0, 0.05) is 13.1 Å². The Kier molecular flexibility index (Phi) is 3.98. The Morgan fingerprint density at radius 3 is 2.65 bits per heavy atom. The molecule has 2 aliphatic heterocycles. The van der Waals surface area contributed by atoms with Gasteiger partial charge in [0.05, 0.1) is 5.92 Å². The Bertz CT molecular complexity index is 253. The quantitative estimate of drug-likeness (QED) is 0.807. The smallest absolute Gasteiger partial charge is 0.316 e. The van der Waals surface area contributed by atoms with Gasteiger partial charge in [0.25, 0.3) is 0 Å². The predicted octanol–water partition coefficient (Wildman–Crippen LogP) is 2.12. The summed E-state index contributed by atoms with van der Waals surface area (Å²) in [4.78, 5) is 2.01. The van der Waals surface area contributed by atoms with Gasteiger partial charge < -0.3 is 10.2 Å². The van der Waals surface area contributed by atoms with Gasteiger partial charge >= 0.3 is 6.18 Å². The highest BCUT2D eigenvalue weighted by Gasteiger charge is 2.42. The van der Waals surface area contributed by atoms with Crippen LogP contribution in [0.3, 0.4) is 0 Å². The minimum Gasteiger partial charge on any atom is -0.316 e. The van der Waals surface area contributed by atoms with Crippen LogP contribution in [0, 0.1) is 17.8 Å². The normalized spacial score (nSPS) is 36.4. The summed E-state index contributed by atoms with van der Waals surface area (Å²) in [6, 6.07) is 0. The fraction of sp³-hybridized carbons (Fsp3) is 1.00. The molecule has 0 radical (unpaired) electrons. The van der Waals surface area contributed by atoms with Crippen LogP contribution in [0.1, 0.15) is 19.8 Å². The van der Waals surface area contributed by atoms with Crippen LogP contribution in [-0.2, 0) is 0 Å². The standard InChI is InChI=1S/C12H21F3N2/c1-9-5-16-6-10(9)7-17-4-2-3-11(8-17)12(13,14)15/h9-11,16H,2-8H2,1H3. The van der Waals surface area contributed by atoms with E-state index in [1.54, 1.807) is 0 Å². The molecule has 0 aliphatic carbocycles. The van der Waals surface area contributed by atoms with E-state index in [4.69, 9.17) is 0 Å². The van der Waals surface area contributed by atoms with Crippen molar-refractivity contribution in [3.63, 3.8) is 0 Å². The van der Waals surface area contributed by atoms with Crippen molar-refractivity contribution >= 4 is 0 Å². The first-order chi connectivity index (χ1) is 7.97. The number of hydrogen-bond acceptors (Lipinski definition) is 2. The molecule has 0 saturated carbocycles. The molecule has 0 amide bonds. The summed E-state index contributed by atoms with van der Waals surface area (Å²) in [6.45, 7) is 5.98. The van der Waals surface area contributed by atoms with Gasteiger partial charge in [-0.25, -0.2) is 0 Å². The summed E-state index contributed by atoms with van der Waals surface area (Å²) in [5.41, 5.74) is 0. The van der Waals surface area contributed by atoms with E-state index in [2.05, 4.69) is 12.2 Å². The molecule has 2 nitrogen and oxygen atoms in total. The van der Waals surface area contributed by atoms with Crippen molar-refractivity contribution in [1.82, 2.24) is 10.2 Å². The van der Waals surface area contributed by atoms with Crippen LogP contribution in [0.2, 0.25) is 0 Å². The summed E-state index contributed by atoms with van der Waals surface area (Å²) < 4.78 is 38.0. The van der Waals surface area contributed by atoms with E-state index in [-0.39, 0.29) is 6.54 Å². The van der Waals surface area contributed by atoms with E-state index in [0.717, 1.165) is 26.2 Å². The average molecular weight is 250 g/mol. The zero-order chi connectivity index (χ0) is 12.5. The first kappa shape index (κ1) is 13.1. The molecule has 0 aromatic carbocycles. The second-order valence-electron chi connectivity index (χ2n) is 5.54. The largest absolute Gasteiger partial charge is 0.393 e. The highest BCUT2D eigenvalue weighted by atomic mass is 19.4. The third-order valence-electron chi connectivity index (χ3n) is 4.14. The van der Waals surface area contributed by atoms with Crippen LogP contribution in [0.4, 0.5) is 13.2 Å². The molecule has 0 bridgehead atoms. The molecule has 2 fully saturated rings. The van der Waals surface area contributed by atoms with Crippen molar-refractivity contribution in [2.24, 2.45) is 17.8 Å². The Morgan fingerprint density at radius 2 is 2.06 bits per heavy atom. The lowest BCUT2D eigenvalue weighted by atomic mass is 9.93. The number of halogens is 3. The maximum atomic E-state index is 12.7. The van der Waals surface area contributed by atoms with Crippen LogP contribution in [0.15, 0.2) is 0 Å². The van der Waals surface area contributed by atoms with Gasteiger partial charge in [-0.05, 0) is 44.3 Å². The molecule has 2 aliphatic rings. The molecule has 100 valence electrons. The van der Waals surface area contributed by atoms with Gasteiger partial charge in [-0.3, -0.25) is 0 Å². The van der Waals surface area contributed by atoms with Gasteiger partial charge in [0.1, 0.15) is 0 Å². The van der Waals surface area contributed by atoms with Crippen LogP contribution in [0.5, 0.6) is 0 Å². The maximum absolute atomic E-state index is 12.7. The number of likely N-dealkylation sites (tertiary alicyclic amines) is 1. The zero-order valence-corrected chi connectivity index (χ0v) is 10.3. The summed E-state index contributed by atoms with van der Waals surface area (Å²) in [5.74, 6) is -0.0100. The molecule has 2 heterocycles. The lowest BCUT2D eigenvalue weighted by Gasteiger charge is -2.35. The van der Waals surface area contributed by atoms with Crippen molar-refractivity contribution in [1.29, 1.82) is 0 Å². The van der Waals surface area contributed by atoms with Crippen LogP contribution in [-0.4, -0.2) is 43.8 Å². The minimum absolute atomic E-state index is 0.201. The Labute approximate surface area is 101 Å². The Morgan fingerprint density at radius 1 is 1.29 bits per heavy atom. The van der Waals surface area contributed by atoms with Crippen LogP contribution < -0.4 is 5.32 Å². The summed E-state index contributed by atoms with van der Waals surface area (Å²) in [5, 5.41) is 3.30. The van der Waals surface area contributed by atoms with E-state index in [9.17, 15) is 13.2 Å². The van der Waals surface area contributed by atoms with Gasteiger partial charge in [-0.2, -0.15) is 13.2 Å². The van der Waals surface area contributed by atoms with Crippen molar-refractivity contribution in [3.8, 4) is 0 Å². The van der Waals surface area contributed by atoms with E-state index in [1.165, 1.54) is 0 Å². The fourth-order valence-electron chi connectivity index (χ4n) is 2.93. The van der Waals surface area contributed by atoms with Crippen molar-refractivity contribution in [3.05, 3.63) is 0 Å². The van der Waals surface area contributed by atoms with E-state index >= 15 is 0 Å². The number of hydrogen-bond donors (Lipinski definition) is 1. The lowest BCUT2D eigenvalue weighted by Crippen LogP contribution is -2.44. The van der Waals surface area contributed by atoms with Gasteiger partial charge in [-0.15, -0.1) is 0 Å². The van der Waals surface area contributed by atoms with Crippen LogP contribution in [0.25, 0.3) is 0 Å². The van der Waals surface area contributed by atoms with E-state index < -0.39 is 12.1 Å². The van der Waals surface area contributed by atoms with Crippen molar-refractivity contribution in [2.75, 3.05) is 32.7 Å². The molecule has 3 unspecified atom stereocenters. The first-order valence-corrected chi connectivity index (χ1v) is 6.46. The Balaban J connectivity index is 1.85. The van der Waals surface area contributed by atoms with Crippen molar-refractivity contribution < 1.29 is 13.2 Å². The van der Waals surface area contributed by atoms with Crippen molar-refractivity contribution in [2.45, 2.75) is 25.9 Å². The summed E-state index contributed by atoms with van der Waals surface area (Å²) in [6.07, 6.45) is -3.03. The lowest BCUT2D eigenvalue weighted by molar-refractivity contribution is -0.187. The third-order valence-corrected chi connectivity index (χ3v) is 4.14. The number of nitrogens with zero attached hydrogens (tertiary/aromatic N) is 1. The average Bonchev–Trinajstić information content (AvgIpc) is 2.64. The van der Waals surface area contributed by atoms with Gasteiger partial charge in [0.2, 0.25) is 0 Å². The molecule has 2 rings (SSSR count). The molecule has 0 spiro atoms. The molecule has 5 heteroatoms. The molecule has 0 aromatic rings. The topological polar surface area (TPSA) is 15.3 Å². The molecular formula is C12H21F3N2. The predicted molar refractivity (Wildman–Crippen MR) is 60.7 cm³/mol. The number of piperidine rings is 1. The highest BCUT2D eigenvalue weighted by molar-refractivity contribution is 4.84. The van der Waals surface area contributed by atoms with Crippen LogP contribution >= 0.6 is 0 Å². The zero-order valence-electron chi connectivity index (χ0n) is 10.3. The molecule has 17 heavy (non-hydrogen) atoms. The maximum Gasteiger partial charge on any atom is 0.393 e. The number of nitrogens with one attached hydrogen (secondary N) is 1. The summed E-state index contributed by atoms with van der Waals surface area (Å²) >= 11 is 0. The monoisotopic (exact) mass is 250 g/mol.